The lowest BCUT2D eigenvalue weighted by Gasteiger charge is -2.22. The first-order valence-corrected chi connectivity index (χ1v) is 14.3. The normalized spacial score (nSPS) is 20.8. The number of hydrogen-bond donors (Lipinski definition) is 2. The van der Waals surface area contributed by atoms with Crippen LogP contribution in [-0.4, -0.2) is 22.5 Å². The Balaban J connectivity index is 2.16. The van der Waals surface area contributed by atoms with Crippen LogP contribution in [0.25, 0.3) is 11.6 Å². The second-order valence-electron chi connectivity index (χ2n) is 8.39. The Kier molecular flexibility index (Phi) is 7.62. The highest BCUT2D eigenvalue weighted by Crippen LogP contribution is 2.49. The van der Waals surface area contributed by atoms with Crippen LogP contribution in [0.4, 0.5) is 0 Å². The molecule has 0 saturated heterocycles. The van der Waals surface area contributed by atoms with Gasteiger partial charge < -0.3 is 0 Å². The van der Waals surface area contributed by atoms with E-state index >= 15 is 0 Å². The van der Waals surface area contributed by atoms with Gasteiger partial charge in [-0.1, -0.05) is 50.6 Å². The second-order valence-corrected chi connectivity index (χ2v) is 11.6. The average molecular weight is 502 g/mol. The molecule has 0 saturated carbocycles. The molecule has 0 radical (unpaired) electrons. The van der Waals surface area contributed by atoms with Gasteiger partial charge in [0.15, 0.2) is 0 Å². The summed E-state index contributed by atoms with van der Waals surface area (Å²) in [6.45, 7) is 10.1. The maximum absolute atomic E-state index is 12.2. The minimum atomic E-state index is -4.02. The van der Waals surface area contributed by atoms with Crippen molar-refractivity contribution in [1.29, 1.82) is 0 Å². The summed E-state index contributed by atoms with van der Waals surface area (Å²) in [4.78, 5) is 4.69. The van der Waals surface area contributed by atoms with Gasteiger partial charge >= 0.3 is 0 Å². The average Bonchev–Trinajstić information content (AvgIpc) is 3.04. The maximum Gasteiger partial charge on any atom is 0.238 e. The number of primary sulfonamides is 2. The first-order valence-electron chi connectivity index (χ1n) is 11.2. The Labute approximate surface area is 202 Å². The van der Waals surface area contributed by atoms with Crippen LogP contribution in [0.3, 0.4) is 0 Å². The molecule has 1 aromatic rings. The van der Waals surface area contributed by atoms with Gasteiger partial charge in [0.05, 0.1) is 21.2 Å². The van der Waals surface area contributed by atoms with Crippen LogP contribution in [0, 0.1) is 0 Å². The van der Waals surface area contributed by atoms with Crippen LogP contribution < -0.4 is 10.3 Å². The Bertz CT molecular complexity index is 1390. The van der Waals surface area contributed by atoms with Crippen LogP contribution in [0.15, 0.2) is 69.1 Å². The molecule has 0 bridgehead atoms. The van der Waals surface area contributed by atoms with Crippen LogP contribution in [0.1, 0.15) is 69.1 Å². The van der Waals surface area contributed by atoms with Crippen molar-refractivity contribution in [3.05, 3.63) is 75.9 Å². The summed E-state index contributed by atoms with van der Waals surface area (Å²) in [7, 11) is -8.00. The summed E-state index contributed by atoms with van der Waals surface area (Å²) in [6, 6.07) is 2.92. The molecule has 3 rings (SSSR count). The predicted octanol–water partition coefficient (Wildman–Crippen LogP) is 4.52. The molecule has 0 aromatic heterocycles. The highest BCUT2D eigenvalue weighted by molar-refractivity contribution is 7.93. The fraction of sp³-hybridized carbons (Fsp3) is 0.320. The van der Waals surface area contributed by atoms with E-state index in [0.29, 0.717) is 22.5 Å². The van der Waals surface area contributed by atoms with Gasteiger partial charge in [0.25, 0.3) is 0 Å². The molecule has 9 heteroatoms. The third-order valence-electron chi connectivity index (χ3n) is 5.89. The quantitative estimate of drug-likeness (QED) is 0.507. The summed E-state index contributed by atoms with van der Waals surface area (Å²) in [6.07, 6.45) is 12.3. The van der Waals surface area contributed by atoms with Gasteiger partial charge in [-0.15, -0.1) is 0 Å². The van der Waals surface area contributed by atoms with E-state index in [1.54, 1.807) is 0 Å². The van der Waals surface area contributed by atoms with E-state index in [-0.39, 0.29) is 16.2 Å². The number of allylic oxidation sites excluding steroid dienone is 7. The van der Waals surface area contributed by atoms with Crippen molar-refractivity contribution in [1.82, 2.24) is 0 Å². The fourth-order valence-electron chi connectivity index (χ4n) is 4.48. The second kappa shape index (κ2) is 9.95. The van der Waals surface area contributed by atoms with Crippen LogP contribution in [0.2, 0.25) is 0 Å². The van der Waals surface area contributed by atoms with Gasteiger partial charge in [0, 0.05) is 5.92 Å². The van der Waals surface area contributed by atoms with E-state index in [1.165, 1.54) is 23.8 Å². The number of hydrogen-bond acceptors (Lipinski definition) is 5. The van der Waals surface area contributed by atoms with Crippen LogP contribution in [-0.2, 0) is 20.0 Å². The lowest BCUT2D eigenvalue weighted by atomic mass is 9.87. The highest BCUT2D eigenvalue weighted by atomic mass is 32.2. The fourth-order valence-corrected chi connectivity index (χ4v) is 5.74. The molecule has 2 aliphatic carbocycles. The molecule has 0 heterocycles. The monoisotopic (exact) mass is 501 g/mol. The molecule has 1 unspecified atom stereocenters. The van der Waals surface area contributed by atoms with Crippen molar-refractivity contribution in [2.45, 2.75) is 57.3 Å². The molecule has 2 aliphatic rings. The molecule has 0 spiro atoms. The van der Waals surface area contributed by atoms with Gasteiger partial charge in [-0.05, 0) is 72.7 Å². The predicted molar refractivity (Wildman–Crippen MR) is 139 cm³/mol. The number of sulfonamides is 2. The smallest absolute Gasteiger partial charge is 0.238 e. The van der Waals surface area contributed by atoms with Crippen molar-refractivity contribution >= 4 is 37.4 Å². The SMILES string of the molecule is C=C(/C=C\C(=C/CC)CCC)/N=C1\C(=CC)c2cc(S(N)(=O)=O)cc3c2C1CC(S(N)(=O)=O)=C3. The molecular formula is C25H31N3O4S2. The molecule has 7 nitrogen and oxygen atoms in total. The lowest BCUT2D eigenvalue weighted by molar-refractivity contribution is 0.597. The third kappa shape index (κ3) is 5.38. The molecular weight excluding hydrogens is 470 g/mol. The maximum atomic E-state index is 12.2. The summed E-state index contributed by atoms with van der Waals surface area (Å²) in [5.74, 6) is -0.393. The molecule has 1 atom stereocenters. The van der Waals surface area contributed by atoms with E-state index in [0.717, 1.165) is 30.4 Å². The zero-order valence-electron chi connectivity index (χ0n) is 19.7. The van der Waals surface area contributed by atoms with E-state index < -0.39 is 26.0 Å². The Morgan fingerprint density at radius 1 is 1.15 bits per heavy atom. The first-order chi connectivity index (χ1) is 15.9. The molecule has 0 amide bonds. The number of rotatable bonds is 8. The molecule has 0 fully saturated rings. The Morgan fingerprint density at radius 2 is 1.85 bits per heavy atom. The van der Waals surface area contributed by atoms with Gasteiger partial charge in [-0.2, -0.15) is 0 Å². The lowest BCUT2D eigenvalue weighted by Crippen LogP contribution is -2.21. The third-order valence-corrected chi connectivity index (χ3v) is 7.80. The molecule has 4 N–H and O–H groups in total. The Hall–Kier alpha value is -2.59. The molecule has 1 aromatic carbocycles. The zero-order valence-corrected chi connectivity index (χ0v) is 21.3. The highest BCUT2D eigenvalue weighted by Gasteiger charge is 2.40. The summed E-state index contributed by atoms with van der Waals surface area (Å²) in [5.41, 5.74) is 5.02. The van der Waals surface area contributed by atoms with Gasteiger partial charge in [-0.3, -0.25) is 4.99 Å². The van der Waals surface area contributed by atoms with E-state index in [9.17, 15) is 16.8 Å². The topological polar surface area (TPSA) is 133 Å². The van der Waals surface area contributed by atoms with Crippen molar-refractivity contribution < 1.29 is 16.8 Å². The zero-order chi connectivity index (χ0) is 25.3. The Morgan fingerprint density at radius 3 is 2.41 bits per heavy atom. The first kappa shape index (κ1) is 26.0. The van der Waals surface area contributed by atoms with Gasteiger partial charge in [0.1, 0.15) is 0 Å². The van der Waals surface area contributed by atoms with E-state index in [2.05, 4.69) is 26.5 Å². The molecule has 0 aliphatic heterocycles. The molecule has 182 valence electrons. The number of nitrogens with zero attached hydrogens (tertiary/aromatic N) is 1. The standard InChI is InChI=1S/C25H31N3O4S2/c1-5-8-17(9-6-2)11-10-16(4)28-25-21(7-3)22-14-19(33(26,29)30)12-18-13-20(34(27,31)32)15-23(25)24(18)22/h7-8,10-14,23H,4-6,9,15H2,1-3H3,(H2,26,29,30)(H2,27,31,32)/b11-10-,17-8-,21-7?,28-25+. The van der Waals surface area contributed by atoms with E-state index in [4.69, 9.17) is 15.3 Å². The number of aliphatic imine (C=N–C) groups is 1. The number of nitrogens with two attached hydrogens (primary N) is 2. The van der Waals surface area contributed by atoms with E-state index in [1.807, 2.05) is 25.2 Å². The van der Waals surface area contributed by atoms with Crippen molar-refractivity contribution in [3.63, 3.8) is 0 Å². The summed E-state index contributed by atoms with van der Waals surface area (Å²) >= 11 is 0. The summed E-state index contributed by atoms with van der Waals surface area (Å²) in [5, 5.41) is 10.8. The van der Waals surface area contributed by atoms with Crippen LogP contribution in [0.5, 0.6) is 0 Å². The largest absolute Gasteiger partial charge is 0.253 e. The molecule has 34 heavy (non-hydrogen) atoms. The van der Waals surface area contributed by atoms with Crippen molar-refractivity contribution in [2.24, 2.45) is 15.3 Å². The minimum absolute atomic E-state index is 0.0184. The van der Waals surface area contributed by atoms with Crippen LogP contribution >= 0.6 is 0 Å². The number of benzene rings is 1. The van der Waals surface area contributed by atoms with Gasteiger partial charge in [0.2, 0.25) is 20.0 Å². The minimum Gasteiger partial charge on any atom is -0.253 e. The van der Waals surface area contributed by atoms with Gasteiger partial charge in [-0.25, -0.2) is 27.1 Å². The van der Waals surface area contributed by atoms with Crippen molar-refractivity contribution in [2.75, 3.05) is 0 Å². The summed E-state index contributed by atoms with van der Waals surface area (Å²) < 4.78 is 48.7. The van der Waals surface area contributed by atoms with Crippen molar-refractivity contribution in [3.8, 4) is 0 Å².